The van der Waals surface area contributed by atoms with Gasteiger partial charge in [-0.25, -0.2) is 4.39 Å². The molecular formula is C17H23FN2O3. The molecule has 0 bridgehead atoms. The number of likely N-dealkylation sites (tertiary alicyclic amines) is 1. The van der Waals surface area contributed by atoms with Crippen molar-refractivity contribution in [2.24, 2.45) is 0 Å². The third-order valence-electron chi connectivity index (χ3n) is 4.60. The monoisotopic (exact) mass is 322 g/mol. The molecule has 2 aliphatic rings. The number of nitrogens with zero attached hydrogens (tertiary/aromatic N) is 2. The average molecular weight is 322 g/mol. The van der Waals surface area contributed by atoms with E-state index in [4.69, 9.17) is 9.47 Å². The number of morpholine rings is 1. The van der Waals surface area contributed by atoms with Crippen LogP contribution in [0.2, 0.25) is 0 Å². The van der Waals surface area contributed by atoms with Gasteiger partial charge in [0.05, 0.1) is 31.8 Å². The predicted octanol–water partition coefficient (Wildman–Crippen LogP) is 0.926. The van der Waals surface area contributed by atoms with Crippen molar-refractivity contribution in [2.45, 2.75) is 18.6 Å². The van der Waals surface area contributed by atoms with Crippen LogP contribution in [0.4, 0.5) is 4.39 Å². The standard InChI is InChI=1S/C17H23FN2O3/c1-22-7-5-19-6-8-23-16-12-20(11-15(16)19)17(21)10-13-3-2-4-14(18)9-13/h2-4,9,15-16H,5-8,10-12H2,1H3/t15-,16+/m1/s1. The van der Waals surface area contributed by atoms with Crippen LogP contribution in [0.5, 0.6) is 0 Å². The van der Waals surface area contributed by atoms with Gasteiger partial charge >= 0.3 is 0 Å². The number of halogens is 1. The second kappa shape index (κ2) is 7.38. The minimum Gasteiger partial charge on any atom is -0.383 e. The number of hydrogen-bond donors (Lipinski definition) is 0. The number of hydrogen-bond acceptors (Lipinski definition) is 4. The van der Waals surface area contributed by atoms with E-state index in [1.165, 1.54) is 12.1 Å². The summed E-state index contributed by atoms with van der Waals surface area (Å²) in [6.45, 7) is 4.38. The molecule has 0 radical (unpaired) electrons. The SMILES string of the molecule is COCCN1CCO[C@H]2CN(C(=O)Cc3cccc(F)c3)C[C@H]21. The van der Waals surface area contributed by atoms with Crippen LogP contribution in [0.25, 0.3) is 0 Å². The molecule has 0 saturated carbocycles. The highest BCUT2D eigenvalue weighted by Crippen LogP contribution is 2.23. The van der Waals surface area contributed by atoms with Gasteiger partial charge in [0.15, 0.2) is 0 Å². The molecule has 0 aliphatic carbocycles. The third kappa shape index (κ3) is 3.88. The molecule has 2 aliphatic heterocycles. The average Bonchev–Trinajstić information content (AvgIpc) is 2.97. The Morgan fingerprint density at radius 2 is 2.30 bits per heavy atom. The number of rotatable bonds is 5. The van der Waals surface area contributed by atoms with E-state index in [1.54, 1.807) is 19.2 Å². The zero-order valence-corrected chi connectivity index (χ0v) is 13.4. The Labute approximate surface area is 136 Å². The summed E-state index contributed by atoms with van der Waals surface area (Å²) in [5, 5.41) is 0. The van der Waals surface area contributed by atoms with Crippen LogP contribution in [0, 0.1) is 5.82 Å². The summed E-state index contributed by atoms with van der Waals surface area (Å²) in [6, 6.07) is 6.46. The van der Waals surface area contributed by atoms with Gasteiger partial charge in [0.1, 0.15) is 5.82 Å². The highest BCUT2D eigenvalue weighted by Gasteiger charge is 2.41. The third-order valence-corrected chi connectivity index (χ3v) is 4.60. The van der Waals surface area contributed by atoms with Crippen molar-refractivity contribution in [3.8, 4) is 0 Å². The zero-order valence-electron chi connectivity index (χ0n) is 13.4. The molecule has 0 aromatic heterocycles. The molecule has 2 fully saturated rings. The number of carbonyl (C=O) groups is 1. The van der Waals surface area contributed by atoms with Crippen molar-refractivity contribution in [1.29, 1.82) is 0 Å². The highest BCUT2D eigenvalue weighted by atomic mass is 19.1. The van der Waals surface area contributed by atoms with Crippen LogP contribution in [0.1, 0.15) is 5.56 Å². The molecule has 2 saturated heterocycles. The summed E-state index contributed by atoms with van der Waals surface area (Å²) in [6.07, 6.45) is 0.298. The van der Waals surface area contributed by atoms with Crippen molar-refractivity contribution < 1.29 is 18.7 Å². The molecule has 6 heteroatoms. The largest absolute Gasteiger partial charge is 0.383 e. The van der Waals surface area contributed by atoms with Crippen molar-refractivity contribution in [3.63, 3.8) is 0 Å². The summed E-state index contributed by atoms with van der Waals surface area (Å²) < 4.78 is 24.2. The Morgan fingerprint density at radius 1 is 1.43 bits per heavy atom. The van der Waals surface area contributed by atoms with Crippen molar-refractivity contribution >= 4 is 5.91 Å². The Hall–Kier alpha value is -1.50. The van der Waals surface area contributed by atoms with Gasteiger partial charge in [-0.05, 0) is 17.7 Å². The highest BCUT2D eigenvalue weighted by molar-refractivity contribution is 5.79. The smallest absolute Gasteiger partial charge is 0.227 e. The number of carbonyl (C=O) groups excluding carboxylic acids is 1. The molecule has 0 N–H and O–H groups in total. The molecule has 1 aromatic carbocycles. The predicted molar refractivity (Wildman–Crippen MR) is 83.7 cm³/mol. The summed E-state index contributed by atoms with van der Waals surface area (Å²) in [5.74, 6) is -0.278. The van der Waals surface area contributed by atoms with Crippen LogP contribution in [-0.4, -0.2) is 74.4 Å². The Balaban J connectivity index is 1.60. The Bertz CT molecular complexity index is 554. The summed E-state index contributed by atoms with van der Waals surface area (Å²) >= 11 is 0. The number of benzene rings is 1. The first-order valence-corrected chi connectivity index (χ1v) is 8.04. The maximum absolute atomic E-state index is 13.2. The molecule has 0 spiro atoms. The zero-order chi connectivity index (χ0) is 16.2. The molecule has 2 atom stereocenters. The fraction of sp³-hybridized carbons (Fsp3) is 0.588. The number of fused-ring (bicyclic) bond motifs is 1. The van der Waals surface area contributed by atoms with E-state index in [-0.39, 0.29) is 30.3 Å². The van der Waals surface area contributed by atoms with Gasteiger partial charge in [0, 0.05) is 33.3 Å². The van der Waals surface area contributed by atoms with E-state index in [0.29, 0.717) is 31.9 Å². The van der Waals surface area contributed by atoms with Crippen LogP contribution in [0.3, 0.4) is 0 Å². The van der Waals surface area contributed by atoms with Crippen LogP contribution in [0.15, 0.2) is 24.3 Å². The molecule has 2 heterocycles. The minimum atomic E-state index is -0.306. The first-order chi connectivity index (χ1) is 11.2. The fourth-order valence-corrected chi connectivity index (χ4v) is 3.38. The lowest BCUT2D eigenvalue weighted by molar-refractivity contribution is -0.129. The number of amides is 1. The Morgan fingerprint density at radius 3 is 3.09 bits per heavy atom. The molecule has 1 amide bonds. The second-order valence-corrected chi connectivity index (χ2v) is 6.11. The second-order valence-electron chi connectivity index (χ2n) is 6.11. The van der Waals surface area contributed by atoms with Gasteiger partial charge in [-0.3, -0.25) is 9.69 Å². The lowest BCUT2D eigenvalue weighted by Crippen LogP contribution is -2.51. The van der Waals surface area contributed by atoms with E-state index in [0.717, 1.165) is 13.1 Å². The van der Waals surface area contributed by atoms with Crippen molar-refractivity contribution in [1.82, 2.24) is 9.80 Å². The first kappa shape index (κ1) is 16.4. The van der Waals surface area contributed by atoms with Crippen LogP contribution < -0.4 is 0 Å². The fourth-order valence-electron chi connectivity index (χ4n) is 3.38. The summed E-state index contributed by atoms with van der Waals surface area (Å²) in [7, 11) is 1.70. The van der Waals surface area contributed by atoms with Crippen molar-refractivity contribution in [3.05, 3.63) is 35.6 Å². The molecule has 1 aromatic rings. The van der Waals surface area contributed by atoms with E-state index in [1.807, 2.05) is 4.90 Å². The number of methoxy groups -OCH3 is 1. The topological polar surface area (TPSA) is 42.0 Å². The summed E-state index contributed by atoms with van der Waals surface area (Å²) in [5.41, 5.74) is 0.710. The van der Waals surface area contributed by atoms with Gasteiger partial charge in [-0.1, -0.05) is 12.1 Å². The van der Waals surface area contributed by atoms with Gasteiger partial charge in [-0.2, -0.15) is 0 Å². The Kier molecular flexibility index (Phi) is 5.25. The normalized spacial score (nSPS) is 24.7. The molecule has 3 rings (SSSR count). The lowest BCUT2D eigenvalue weighted by atomic mass is 10.1. The molecule has 5 nitrogen and oxygen atoms in total. The van der Waals surface area contributed by atoms with Gasteiger partial charge in [0.2, 0.25) is 5.91 Å². The summed E-state index contributed by atoms with van der Waals surface area (Å²) in [4.78, 5) is 16.7. The molecular weight excluding hydrogens is 299 g/mol. The van der Waals surface area contributed by atoms with Gasteiger partial charge < -0.3 is 14.4 Å². The first-order valence-electron chi connectivity index (χ1n) is 8.04. The molecule has 0 unspecified atom stereocenters. The lowest BCUT2D eigenvalue weighted by Gasteiger charge is -2.36. The minimum absolute atomic E-state index is 0.0280. The van der Waals surface area contributed by atoms with E-state index >= 15 is 0 Å². The van der Waals surface area contributed by atoms with E-state index in [2.05, 4.69) is 4.90 Å². The maximum atomic E-state index is 13.2. The van der Waals surface area contributed by atoms with Crippen molar-refractivity contribution in [2.75, 3.05) is 46.5 Å². The number of ether oxygens (including phenoxy) is 2. The van der Waals surface area contributed by atoms with E-state index < -0.39 is 0 Å². The van der Waals surface area contributed by atoms with E-state index in [9.17, 15) is 9.18 Å². The molecule has 126 valence electrons. The van der Waals surface area contributed by atoms with Crippen LogP contribution >= 0.6 is 0 Å². The van der Waals surface area contributed by atoms with Gasteiger partial charge in [0.25, 0.3) is 0 Å². The van der Waals surface area contributed by atoms with Gasteiger partial charge in [-0.15, -0.1) is 0 Å². The quantitative estimate of drug-likeness (QED) is 0.809. The molecule has 23 heavy (non-hydrogen) atoms. The maximum Gasteiger partial charge on any atom is 0.227 e. The van der Waals surface area contributed by atoms with Crippen LogP contribution in [-0.2, 0) is 20.7 Å².